The molecule has 4 nitrogen and oxygen atoms in total. The Morgan fingerprint density at radius 2 is 2.46 bits per heavy atom. The smallest absolute Gasteiger partial charge is 0.319 e. The van der Waals surface area contributed by atoms with Crippen LogP contribution >= 0.6 is 11.8 Å². The predicted octanol–water partition coefficient (Wildman–Crippen LogP) is 1.64. The Bertz CT molecular complexity index is 297. The normalized spacial score (nSPS) is 12.5. The summed E-state index contributed by atoms with van der Waals surface area (Å²) < 4.78 is 9.64. The van der Waals surface area contributed by atoms with Crippen LogP contribution in [0.1, 0.15) is 12.6 Å². The van der Waals surface area contributed by atoms with Crippen LogP contribution in [0, 0.1) is 6.92 Å². The third-order valence-corrected chi connectivity index (χ3v) is 2.34. The zero-order chi connectivity index (χ0) is 9.84. The summed E-state index contributed by atoms with van der Waals surface area (Å²) >= 11 is 1.24. The molecule has 0 saturated carbocycles. The van der Waals surface area contributed by atoms with Crippen molar-refractivity contribution in [1.82, 2.24) is 4.98 Å². The van der Waals surface area contributed by atoms with Gasteiger partial charge >= 0.3 is 5.97 Å². The summed E-state index contributed by atoms with van der Waals surface area (Å²) in [5.41, 5.74) is 0.805. The van der Waals surface area contributed by atoms with Gasteiger partial charge in [-0.05, 0) is 13.8 Å². The first kappa shape index (κ1) is 10.1. The Balaban J connectivity index is 2.54. The summed E-state index contributed by atoms with van der Waals surface area (Å²) in [6.45, 7) is 3.58. The van der Waals surface area contributed by atoms with Gasteiger partial charge in [0.2, 0.25) is 0 Å². The fraction of sp³-hybridized carbons (Fsp3) is 0.500. The van der Waals surface area contributed by atoms with E-state index in [1.807, 2.05) is 6.92 Å². The summed E-state index contributed by atoms with van der Waals surface area (Å²) in [6.07, 6.45) is 1.55. The van der Waals surface area contributed by atoms with Gasteiger partial charge in [-0.3, -0.25) is 4.79 Å². The number of aryl methyl sites for hydroxylation is 1. The van der Waals surface area contributed by atoms with Crippen molar-refractivity contribution in [3.05, 3.63) is 12.0 Å². The van der Waals surface area contributed by atoms with Crippen LogP contribution < -0.4 is 0 Å². The number of oxazole rings is 1. The van der Waals surface area contributed by atoms with E-state index in [4.69, 9.17) is 4.42 Å². The second kappa shape index (κ2) is 4.32. The maximum atomic E-state index is 11.0. The number of hydrogen-bond donors (Lipinski definition) is 0. The third-order valence-electron chi connectivity index (χ3n) is 1.41. The molecule has 0 aliphatic carbocycles. The molecule has 0 aromatic carbocycles. The van der Waals surface area contributed by atoms with E-state index in [0.717, 1.165) is 5.69 Å². The number of thioether (sulfide) groups is 1. The van der Waals surface area contributed by atoms with E-state index < -0.39 is 0 Å². The van der Waals surface area contributed by atoms with Crippen LogP contribution in [0.2, 0.25) is 0 Å². The molecule has 1 atom stereocenters. The minimum absolute atomic E-state index is 0.277. The molecule has 1 rings (SSSR count). The molecule has 13 heavy (non-hydrogen) atoms. The Morgan fingerprint density at radius 1 is 1.77 bits per heavy atom. The highest BCUT2D eigenvalue weighted by Gasteiger charge is 2.17. The maximum absolute atomic E-state index is 11.0. The molecule has 0 saturated heterocycles. The van der Waals surface area contributed by atoms with Gasteiger partial charge in [0.05, 0.1) is 12.8 Å². The highest BCUT2D eigenvalue weighted by Crippen LogP contribution is 2.22. The molecule has 0 N–H and O–H groups in total. The van der Waals surface area contributed by atoms with E-state index >= 15 is 0 Å². The molecule has 0 bridgehead atoms. The van der Waals surface area contributed by atoms with Crippen LogP contribution in [0.3, 0.4) is 0 Å². The Morgan fingerprint density at radius 3 is 2.92 bits per heavy atom. The van der Waals surface area contributed by atoms with E-state index in [-0.39, 0.29) is 11.2 Å². The van der Waals surface area contributed by atoms with Crippen molar-refractivity contribution >= 4 is 17.7 Å². The molecule has 1 aromatic heterocycles. The first-order valence-corrected chi connectivity index (χ1v) is 4.68. The van der Waals surface area contributed by atoms with Crippen molar-refractivity contribution in [3.63, 3.8) is 0 Å². The van der Waals surface area contributed by atoms with Gasteiger partial charge in [0.25, 0.3) is 5.22 Å². The average molecular weight is 201 g/mol. The van der Waals surface area contributed by atoms with E-state index in [9.17, 15) is 4.79 Å². The Hall–Kier alpha value is -0.970. The largest absolute Gasteiger partial charge is 0.468 e. The minimum Gasteiger partial charge on any atom is -0.468 e. The first-order chi connectivity index (χ1) is 6.13. The fourth-order valence-corrected chi connectivity index (χ4v) is 1.55. The number of carbonyl (C=O) groups is 1. The number of carbonyl (C=O) groups excluding carboxylic acids is 1. The number of methoxy groups -OCH3 is 1. The van der Waals surface area contributed by atoms with Crippen LogP contribution in [0.5, 0.6) is 0 Å². The highest BCUT2D eigenvalue weighted by atomic mass is 32.2. The molecule has 0 fully saturated rings. The quantitative estimate of drug-likeness (QED) is 0.549. The lowest BCUT2D eigenvalue weighted by Crippen LogP contribution is -2.14. The molecule has 0 aliphatic rings. The van der Waals surface area contributed by atoms with Crippen LogP contribution in [0.15, 0.2) is 15.9 Å². The first-order valence-electron chi connectivity index (χ1n) is 3.80. The lowest BCUT2D eigenvalue weighted by molar-refractivity contribution is -0.139. The molecule has 0 amide bonds. The van der Waals surface area contributed by atoms with Gasteiger partial charge in [-0.25, -0.2) is 4.98 Å². The van der Waals surface area contributed by atoms with E-state index in [1.54, 1.807) is 13.2 Å². The van der Waals surface area contributed by atoms with Crippen molar-refractivity contribution in [2.75, 3.05) is 7.11 Å². The number of rotatable bonds is 3. The molecular formula is C8H11NO3S. The molecule has 5 heteroatoms. The molecular weight excluding hydrogens is 190 g/mol. The van der Waals surface area contributed by atoms with Crippen molar-refractivity contribution in [1.29, 1.82) is 0 Å². The zero-order valence-corrected chi connectivity index (χ0v) is 8.55. The number of ether oxygens (including phenoxy) is 1. The Kier molecular flexibility index (Phi) is 3.36. The summed E-state index contributed by atoms with van der Waals surface area (Å²) in [5, 5.41) is 0.207. The molecule has 0 spiro atoms. The number of nitrogens with zero attached hydrogens (tertiary/aromatic N) is 1. The van der Waals surface area contributed by atoms with E-state index in [2.05, 4.69) is 9.72 Å². The third kappa shape index (κ3) is 2.77. The van der Waals surface area contributed by atoms with Gasteiger partial charge in [0.15, 0.2) is 0 Å². The number of aromatic nitrogens is 1. The number of esters is 1. The summed E-state index contributed by atoms with van der Waals surface area (Å²) in [6, 6.07) is 0. The second-order valence-electron chi connectivity index (χ2n) is 2.54. The Labute approximate surface area is 80.7 Å². The van der Waals surface area contributed by atoms with Crippen LogP contribution in [0.25, 0.3) is 0 Å². The lowest BCUT2D eigenvalue weighted by atomic mass is 10.5. The van der Waals surface area contributed by atoms with E-state index in [1.165, 1.54) is 18.9 Å². The van der Waals surface area contributed by atoms with Gasteiger partial charge in [-0.2, -0.15) is 0 Å². The lowest BCUT2D eigenvalue weighted by Gasteiger charge is -2.04. The highest BCUT2D eigenvalue weighted by molar-refractivity contribution is 8.00. The van der Waals surface area contributed by atoms with E-state index in [0.29, 0.717) is 5.22 Å². The molecule has 1 heterocycles. The number of hydrogen-bond acceptors (Lipinski definition) is 5. The van der Waals surface area contributed by atoms with Crippen LogP contribution in [-0.4, -0.2) is 23.3 Å². The van der Waals surface area contributed by atoms with Gasteiger partial charge in [-0.15, -0.1) is 0 Å². The topological polar surface area (TPSA) is 52.3 Å². The molecule has 0 radical (unpaired) electrons. The van der Waals surface area contributed by atoms with Gasteiger partial charge in [-0.1, -0.05) is 11.8 Å². The fourth-order valence-electron chi connectivity index (χ4n) is 0.752. The van der Waals surface area contributed by atoms with Crippen molar-refractivity contribution in [2.24, 2.45) is 0 Å². The van der Waals surface area contributed by atoms with Crippen molar-refractivity contribution in [2.45, 2.75) is 24.3 Å². The second-order valence-corrected chi connectivity index (χ2v) is 3.83. The molecule has 0 aliphatic heterocycles. The monoisotopic (exact) mass is 201 g/mol. The van der Waals surface area contributed by atoms with Crippen molar-refractivity contribution in [3.8, 4) is 0 Å². The maximum Gasteiger partial charge on any atom is 0.319 e. The zero-order valence-electron chi connectivity index (χ0n) is 7.73. The predicted molar refractivity (Wildman–Crippen MR) is 48.6 cm³/mol. The average Bonchev–Trinajstić information content (AvgIpc) is 2.49. The van der Waals surface area contributed by atoms with Crippen LogP contribution in [0.4, 0.5) is 0 Å². The standard InChI is InChI=1S/C8H11NO3S/c1-5-4-12-8(9-5)13-6(2)7(10)11-3/h4,6H,1-3H3. The van der Waals surface area contributed by atoms with Crippen LogP contribution in [-0.2, 0) is 9.53 Å². The summed E-state index contributed by atoms with van der Waals surface area (Å²) in [5.74, 6) is -0.277. The van der Waals surface area contributed by atoms with Gasteiger partial charge in [0.1, 0.15) is 11.5 Å². The van der Waals surface area contributed by atoms with Gasteiger partial charge < -0.3 is 9.15 Å². The van der Waals surface area contributed by atoms with Gasteiger partial charge in [0, 0.05) is 0 Å². The molecule has 1 aromatic rings. The molecule has 72 valence electrons. The minimum atomic E-state index is -0.289. The van der Waals surface area contributed by atoms with Crippen molar-refractivity contribution < 1.29 is 13.9 Å². The molecule has 1 unspecified atom stereocenters. The summed E-state index contributed by atoms with van der Waals surface area (Å²) in [4.78, 5) is 15.1. The summed E-state index contributed by atoms with van der Waals surface area (Å²) in [7, 11) is 1.36. The SMILES string of the molecule is COC(=O)C(C)Sc1nc(C)co1.